The van der Waals surface area contributed by atoms with E-state index in [4.69, 9.17) is 5.11 Å². The molecule has 1 amide bonds. The van der Waals surface area contributed by atoms with Gasteiger partial charge in [0.05, 0.1) is 0 Å². The van der Waals surface area contributed by atoms with Gasteiger partial charge in [0.2, 0.25) is 5.91 Å². The van der Waals surface area contributed by atoms with Crippen molar-refractivity contribution < 1.29 is 14.7 Å². The van der Waals surface area contributed by atoms with Gasteiger partial charge in [0.15, 0.2) is 11.5 Å². The first-order valence-corrected chi connectivity index (χ1v) is 6.60. The highest BCUT2D eigenvalue weighted by molar-refractivity contribution is 5.89. The summed E-state index contributed by atoms with van der Waals surface area (Å²) in [5, 5.41) is 19.5. The van der Waals surface area contributed by atoms with Crippen LogP contribution in [0.3, 0.4) is 0 Å². The van der Waals surface area contributed by atoms with Crippen LogP contribution in [0.4, 0.5) is 5.82 Å². The summed E-state index contributed by atoms with van der Waals surface area (Å²) in [5.74, 6) is -0.757. The van der Waals surface area contributed by atoms with Gasteiger partial charge in [0.1, 0.15) is 0 Å². The Balaban J connectivity index is 1.87. The van der Waals surface area contributed by atoms with Gasteiger partial charge in [0, 0.05) is 37.5 Å². The number of nitrogens with one attached hydrogen (secondary N) is 1. The normalized spacial score (nSPS) is 10.6. The average Bonchev–Trinajstić information content (AvgIpc) is 3.03. The number of aromatic nitrogens is 4. The van der Waals surface area contributed by atoms with Crippen LogP contribution in [0, 0.1) is 6.92 Å². The quantitative estimate of drug-likeness (QED) is 0.830. The zero-order chi connectivity index (χ0) is 15.4. The maximum absolute atomic E-state index is 11.8. The molecule has 0 atom stereocenters. The third kappa shape index (κ3) is 3.68. The van der Waals surface area contributed by atoms with Crippen LogP contribution in [0.1, 0.15) is 29.5 Å². The summed E-state index contributed by atoms with van der Waals surface area (Å²) in [6.45, 7) is 4.95. The second-order valence-electron chi connectivity index (χ2n) is 4.55. The Morgan fingerprint density at radius 3 is 2.71 bits per heavy atom. The number of nitrogens with zero attached hydrogens (tertiary/aromatic N) is 4. The maximum atomic E-state index is 11.8. The fourth-order valence-corrected chi connectivity index (χ4v) is 1.91. The number of carboxylic acids is 1. The molecule has 2 aromatic rings. The number of anilines is 1. The van der Waals surface area contributed by atoms with E-state index in [-0.39, 0.29) is 18.0 Å². The van der Waals surface area contributed by atoms with E-state index in [1.807, 2.05) is 13.8 Å². The van der Waals surface area contributed by atoms with Crippen LogP contribution < -0.4 is 5.32 Å². The van der Waals surface area contributed by atoms with Gasteiger partial charge in [-0.05, 0) is 19.9 Å². The van der Waals surface area contributed by atoms with Crippen LogP contribution in [0.25, 0.3) is 0 Å². The molecule has 21 heavy (non-hydrogen) atoms. The predicted octanol–water partition coefficient (Wildman–Crippen LogP) is 1.13. The van der Waals surface area contributed by atoms with Gasteiger partial charge < -0.3 is 10.4 Å². The molecule has 0 aliphatic carbocycles. The standard InChI is InChI=1S/C13H17N5O3/c1-3-18-9(2)8-11(16-18)14-12(19)5-7-17-6-4-10(15-17)13(20)21/h4,6,8H,3,5,7H2,1-2H3,(H,20,21)(H,14,16,19). The Hall–Kier alpha value is -2.64. The van der Waals surface area contributed by atoms with Crippen LogP contribution in [0.5, 0.6) is 0 Å². The van der Waals surface area contributed by atoms with Gasteiger partial charge in [-0.15, -0.1) is 0 Å². The molecule has 8 nitrogen and oxygen atoms in total. The van der Waals surface area contributed by atoms with Crippen molar-refractivity contribution in [2.24, 2.45) is 0 Å². The summed E-state index contributed by atoms with van der Waals surface area (Å²) in [6.07, 6.45) is 1.73. The van der Waals surface area contributed by atoms with Crippen molar-refractivity contribution in [2.45, 2.75) is 33.4 Å². The van der Waals surface area contributed by atoms with Crippen molar-refractivity contribution in [2.75, 3.05) is 5.32 Å². The topological polar surface area (TPSA) is 102 Å². The van der Waals surface area contributed by atoms with Gasteiger partial charge in [-0.25, -0.2) is 4.79 Å². The molecule has 0 saturated carbocycles. The third-order valence-electron chi connectivity index (χ3n) is 2.98. The van der Waals surface area contributed by atoms with Gasteiger partial charge in [-0.3, -0.25) is 14.2 Å². The molecule has 0 aromatic carbocycles. The first-order chi connectivity index (χ1) is 9.99. The predicted molar refractivity (Wildman–Crippen MR) is 75.1 cm³/mol. The molecule has 0 fully saturated rings. The summed E-state index contributed by atoms with van der Waals surface area (Å²) in [5.41, 5.74) is 0.943. The molecule has 0 unspecified atom stereocenters. The first kappa shape index (κ1) is 14.8. The van der Waals surface area contributed by atoms with E-state index in [9.17, 15) is 9.59 Å². The van der Waals surface area contributed by atoms with Crippen LogP contribution in [0.15, 0.2) is 18.3 Å². The molecule has 2 heterocycles. The van der Waals surface area contributed by atoms with Crippen molar-refractivity contribution in [3.63, 3.8) is 0 Å². The highest BCUT2D eigenvalue weighted by Gasteiger charge is 2.10. The van der Waals surface area contributed by atoms with Gasteiger partial charge >= 0.3 is 5.97 Å². The zero-order valence-electron chi connectivity index (χ0n) is 11.9. The van der Waals surface area contributed by atoms with Crippen molar-refractivity contribution in [1.29, 1.82) is 0 Å². The van der Waals surface area contributed by atoms with Crippen LogP contribution in [-0.2, 0) is 17.9 Å². The molecule has 2 N–H and O–H groups in total. The van der Waals surface area contributed by atoms with E-state index in [2.05, 4.69) is 15.5 Å². The Morgan fingerprint density at radius 2 is 2.14 bits per heavy atom. The number of carbonyl (C=O) groups excluding carboxylic acids is 1. The number of carboxylic acid groups (broad SMARTS) is 1. The van der Waals surface area contributed by atoms with Crippen molar-refractivity contribution in [3.8, 4) is 0 Å². The molecule has 112 valence electrons. The van der Waals surface area contributed by atoms with Crippen LogP contribution in [0.2, 0.25) is 0 Å². The largest absolute Gasteiger partial charge is 0.476 e. The minimum absolute atomic E-state index is 0.0345. The molecule has 8 heteroatoms. The molecular formula is C13H17N5O3. The lowest BCUT2D eigenvalue weighted by atomic mass is 10.4. The number of carbonyl (C=O) groups is 2. The molecule has 0 spiro atoms. The molecule has 2 aromatic heterocycles. The number of amides is 1. The van der Waals surface area contributed by atoms with Crippen LogP contribution >= 0.6 is 0 Å². The summed E-state index contributed by atoms with van der Waals surface area (Å²) in [6, 6.07) is 3.20. The van der Waals surface area contributed by atoms with Gasteiger partial charge in [0.25, 0.3) is 0 Å². The molecule has 0 saturated heterocycles. The SMILES string of the molecule is CCn1nc(NC(=O)CCn2ccc(C(=O)O)n2)cc1C. The number of hydrogen-bond donors (Lipinski definition) is 2. The minimum atomic E-state index is -1.08. The van der Waals surface area contributed by atoms with Crippen molar-refractivity contribution in [3.05, 3.63) is 29.7 Å². The minimum Gasteiger partial charge on any atom is -0.476 e. The number of hydrogen-bond acceptors (Lipinski definition) is 4. The first-order valence-electron chi connectivity index (χ1n) is 6.60. The molecule has 0 radical (unpaired) electrons. The Labute approximate surface area is 121 Å². The van der Waals surface area contributed by atoms with Crippen molar-refractivity contribution >= 4 is 17.7 Å². The fourth-order valence-electron chi connectivity index (χ4n) is 1.91. The maximum Gasteiger partial charge on any atom is 0.356 e. The Morgan fingerprint density at radius 1 is 1.38 bits per heavy atom. The lowest BCUT2D eigenvalue weighted by Gasteiger charge is -2.02. The van der Waals surface area contributed by atoms with E-state index in [0.717, 1.165) is 12.2 Å². The van der Waals surface area contributed by atoms with E-state index in [1.54, 1.807) is 10.7 Å². The highest BCUT2D eigenvalue weighted by atomic mass is 16.4. The molecular weight excluding hydrogens is 274 g/mol. The smallest absolute Gasteiger partial charge is 0.356 e. The summed E-state index contributed by atoms with van der Waals surface area (Å²) in [7, 11) is 0. The Bertz CT molecular complexity index is 659. The lowest BCUT2D eigenvalue weighted by Crippen LogP contribution is -2.15. The van der Waals surface area contributed by atoms with E-state index in [1.165, 1.54) is 16.9 Å². The highest BCUT2D eigenvalue weighted by Crippen LogP contribution is 2.08. The second-order valence-corrected chi connectivity index (χ2v) is 4.55. The number of aromatic carboxylic acids is 1. The van der Waals surface area contributed by atoms with Crippen LogP contribution in [-0.4, -0.2) is 36.5 Å². The zero-order valence-corrected chi connectivity index (χ0v) is 11.9. The van der Waals surface area contributed by atoms with E-state index in [0.29, 0.717) is 12.4 Å². The number of rotatable bonds is 6. The van der Waals surface area contributed by atoms with Gasteiger partial charge in [-0.1, -0.05) is 0 Å². The Kier molecular flexibility index (Phi) is 4.36. The summed E-state index contributed by atoms with van der Waals surface area (Å²) < 4.78 is 3.22. The van der Waals surface area contributed by atoms with Gasteiger partial charge in [-0.2, -0.15) is 10.2 Å². The molecule has 2 rings (SSSR count). The van der Waals surface area contributed by atoms with Crippen molar-refractivity contribution in [1.82, 2.24) is 19.6 Å². The third-order valence-corrected chi connectivity index (χ3v) is 2.98. The fraction of sp³-hybridized carbons (Fsp3) is 0.385. The average molecular weight is 291 g/mol. The molecule has 0 bridgehead atoms. The van der Waals surface area contributed by atoms with E-state index < -0.39 is 5.97 Å². The second kappa shape index (κ2) is 6.21. The monoisotopic (exact) mass is 291 g/mol. The summed E-state index contributed by atoms with van der Waals surface area (Å²) in [4.78, 5) is 22.5. The molecule has 0 aliphatic rings. The summed E-state index contributed by atoms with van der Waals surface area (Å²) >= 11 is 0. The van der Waals surface area contributed by atoms with E-state index >= 15 is 0 Å². The lowest BCUT2D eigenvalue weighted by molar-refractivity contribution is -0.116. The number of aryl methyl sites for hydroxylation is 3. The molecule has 0 aliphatic heterocycles.